The number of aryl methyl sites for hydroxylation is 2. The molecule has 0 spiro atoms. The van der Waals surface area contributed by atoms with Gasteiger partial charge in [0.1, 0.15) is 11.5 Å². The maximum Gasteiger partial charge on any atom is 0.519 e. The maximum absolute atomic E-state index is 12.5. The molecule has 0 saturated carbocycles. The fraction of sp³-hybridized carbons (Fsp3) is 0.480. The van der Waals surface area contributed by atoms with Gasteiger partial charge < -0.3 is 9.47 Å². The Balaban J connectivity index is 2.30. The van der Waals surface area contributed by atoms with Crippen molar-refractivity contribution in [3.05, 3.63) is 57.6 Å². The number of carbonyl (C=O) groups is 1. The van der Waals surface area contributed by atoms with Crippen LogP contribution in [0.3, 0.4) is 0 Å². The predicted molar refractivity (Wildman–Crippen MR) is 116 cm³/mol. The number of carbonyl (C=O) groups excluding carboxylic acids is 1. The largest absolute Gasteiger partial charge is 0.519 e. The van der Waals surface area contributed by atoms with Gasteiger partial charge in [-0.25, -0.2) is 4.79 Å². The van der Waals surface area contributed by atoms with E-state index < -0.39 is 6.16 Å². The van der Waals surface area contributed by atoms with Gasteiger partial charge in [-0.1, -0.05) is 52.2 Å². The molecule has 0 heterocycles. The van der Waals surface area contributed by atoms with Gasteiger partial charge in [0.05, 0.1) is 0 Å². The Labute approximate surface area is 170 Å². The molecule has 0 fully saturated rings. The zero-order chi connectivity index (χ0) is 20.7. The normalized spacial score (nSPS) is 10.8. The first-order chi connectivity index (χ1) is 13.4. The lowest BCUT2D eigenvalue weighted by molar-refractivity contribution is 0.151. The third-order valence-electron chi connectivity index (χ3n) is 5.40. The first kappa shape index (κ1) is 22.0. The van der Waals surface area contributed by atoms with Crippen molar-refractivity contribution in [1.29, 1.82) is 0 Å². The van der Waals surface area contributed by atoms with Crippen LogP contribution in [-0.2, 0) is 19.3 Å². The molecule has 0 aromatic heterocycles. The van der Waals surface area contributed by atoms with Crippen molar-refractivity contribution in [1.82, 2.24) is 0 Å². The van der Waals surface area contributed by atoms with Crippen molar-refractivity contribution < 1.29 is 14.3 Å². The van der Waals surface area contributed by atoms with E-state index in [4.69, 9.17) is 9.47 Å². The van der Waals surface area contributed by atoms with Crippen LogP contribution in [0.15, 0.2) is 24.3 Å². The number of ether oxygens (including phenoxy) is 2. The fourth-order valence-corrected chi connectivity index (χ4v) is 3.65. The molecule has 0 atom stereocenters. The molecule has 2 rings (SSSR count). The van der Waals surface area contributed by atoms with E-state index in [0.29, 0.717) is 11.5 Å². The van der Waals surface area contributed by atoms with Crippen molar-refractivity contribution >= 4 is 6.16 Å². The van der Waals surface area contributed by atoms with E-state index in [2.05, 4.69) is 33.8 Å². The molecule has 0 aliphatic carbocycles. The van der Waals surface area contributed by atoms with E-state index in [1.807, 2.05) is 32.0 Å². The summed E-state index contributed by atoms with van der Waals surface area (Å²) in [5.41, 5.74) is 7.16. The van der Waals surface area contributed by atoms with Crippen LogP contribution >= 0.6 is 0 Å². The summed E-state index contributed by atoms with van der Waals surface area (Å²) in [6, 6.07) is 7.84. The van der Waals surface area contributed by atoms with Gasteiger partial charge in [0.2, 0.25) is 0 Å². The lowest BCUT2D eigenvalue weighted by atomic mass is 9.91. The molecule has 0 aliphatic rings. The average Bonchev–Trinajstić information content (AvgIpc) is 2.67. The van der Waals surface area contributed by atoms with Crippen LogP contribution in [-0.4, -0.2) is 6.16 Å². The van der Waals surface area contributed by atoms with Crippen LogP contribution in [0.1, 0.15) is 73.4 Å². The van der Waals surface area contributed by atoms with Crippen molar-refractivity contribution in [3.63, 3.8) is 0 Å². The van der Waals surface area contributed by atoms with Crippen LogP contribution in [0, 0.1) is 20.8 Å². The number of hydrogen-bond donors (Lipinski definition) is 0. The van der Waals surface area contributed by atoms with Crippen LogP contribution in [0.25, 0.3) is 0 Å². The van der Waals surface area contributed by atoms with Crippen molar-refractivity contribution in [3.8, 4) is 11.5 Å². The second kappa shape index (κ2) is 10.3. The molecule has 2 aromatic rings. The van der Waals surface area contributed by atoms with Gasteiger partial charge in [-0.05, 0) is 85.5 Å². The predicted octanol–water partition coefficient (Wildman–Crippen LogP) is 7.05. The Morgan fingerprint density at radius 1 is 0.714 bits per heavy atom. The van der Waals surface area contributed by atoms with E-state index in [9.17, 15) is 4.79 Å². The highest BCUT2D eigenvalue weighted by molar-refractivity contribution is 5.69. The second-order valence-corrected chi connectivity index (χ2v) is 7.51. The van der Waals surface area contributed by atoms with Crippen LogP contribution in [0.5, 0.6) is 11.5 Å². The summed E-state index contributed by atoms with van der Waals surface area (Å²) in [6.45, 7) is 12.6. The van der Waals surface area contributed by atoms with Crippen molar-refractivity contribution in [2.24, 2.45) is 0 Å². The number of rotatable bonds is 8. The van der Waals surface area contributed by atoms with E-state index in [0.717, 1.165) is 55.2 Å². The minimum absolute atomic E-state index is 0.557. The zero-order valence-corrected chi connectivity index (χ0v) is 18.3. The fourth-order valence-electron chi connectivity index (χ4n) is 3.65. The lowest BCUT2D eigenvalue weighted by Crippen LogP contribution is -2.16. The lowest BCUT2D eigenvalue weighted by Gasteiger charge is -2.18. The molecule has 0 N–H and O–H groups in total. The van der Waals surface area contributed by atoms with Gasteiger partial charge in [-0.2, -0.15) is 0 Å². The summed E-state index contributed by atoms with van der Waals surface area (Å²) in [7, 11) is 0. The Hall–Kier alpha value is -2.29. The Bertz CT molecular complexity index is 821. The molecule has 3 heteroatoms. The van der Waals surface area contributed by atoms with Gasteiger partial charge in [0, 0.05) is 0 Å². The Morgan fingerprint density at radius 2 is 1.29 bits per heavy atom. The summed E-state index contributed by atoms with van der Waals surface area (Å²) < 4.78 is 11.2. The van der Waals surface area contributed by atoms with Gasteiger partial charge in [0.25, 0.3) is 0 Å². The summed E-state index contributed by atoms with van der Waals surface area (Å²) in [4.78, 5) is 12.5. The number of hydrogen-bond acceptors (Lipinski definition) is 3. The molecule has 152 valence electrons. The molecular formula is C25H34O3. The van der Waals surface area contributed by atoms with E-state index in [1.165, 1.54) is 16.7 Å². The van der Waals surface area contributed by atoms with Gasteiger partial charge in [0.15, 0.2) is 0 Å². The first-order valence-corrected chi connectivity index (χ1v) is 10.5. The van der Waals surface area contributed by atoms with Gasteiger partial charge in [-0.3, -0.25) is 0 Å². The smallest absolute Gasteiger partial charge is 0.394 e. The molecule has 28 heavy (non-hydrogen) atoms. The topological polar surface area (TPSA) is 35.5 Å². The Kier molecular flexibility index (Phi) is 8.10. The minimum atomic E-state index is -0.672. The quantitative estimate of drug-likeness (QED) is 0.362. The molecule has 0 radical (unpaired) electrons. The highest BCUT2D eigenvalue weighted by atomic mass is 16.7. The van der Waals surface area contributed by atoms with Crippen LogP contribution in [0.4, 0.5) is 4.79 Å². The molecule has 0 aliphatic heterocycles. The number of benzene rings is 2. The highest BCUT2D eigenvalue weighted by Crippen LogP contribution is 2.30. The third kappa shape index (κ3) is 5.15. The van der Waals surface area contributed by atoms with Gasteiger partial charge >= 0.3 is 6.16 Å². The van der Waals surface area contributed by atoms with Gasteiger partial charge in [-0.15, -0.1) is 0 Å². The van der Waals surface area contributed by atoms with E-state index >= 15 is 0 Å². The van der Waals surface area contributed by atoms with E-state index in [1.54, 1.807) is 0 Å². The van der Waals surface area contributed by atoms with Crippen LogP contribution in [0.2, 0.25) is 0 Å². The van der Waals surface area contributed by atoms with Crippen LogP contribution < -0.4 is 9.47 Å². The molecule has 0 bridgehead atoms. The third-order valence-corrected chi connectivity index (χ3v) is 5.40. The summed E-state index contributed by atoms with van der Waals surface area (Å²) >= 11 is 0. The Morgan fingerprint density at radius 3 is 1.93 bits per heavy atom. The molecule has 0 unspecified atom stereocenters. The molecule has 0 amide bonds. The summed E-state index contributed by atoms with van der Waals surface area (Å²) in [5, 5.41) is 0. The molecular weight excluding hydrogens is 348 g/mol. The maximum atomic E-state index is 12.5. The molecule has 2 aromatic carbocycles. The second-order valence-electron chi connectivity index (χ2n) is 7.51. The summed E-state index contributed by atoms with van der Waals surface area (Å²) in [6.07, 6.45) is 5.48. The highest BCUT2D eigenvalue weighted by Gasteiger charge is 2.18. The van der Waals surface area contributed by atoms with E-state index in [-0.39, 0.29) is 0 Å². The summed E-state index contributed by atoms with van der Waals surface area (Å²) in [5.74, 6) is 1.19. The minimum Gasteiger partial charge on any atom is -0.394 e. The molecule has 0 saturated heterocycles. The monoisotopic (exact) mass is 382 g/mol. The molecule has 3 nitrogen and oxygen atoms in total. The first-order valence-electron chi connectivity index (χ1n) is 10.5. The van der Waals surface area contributed by atoms with Crippen molar-refractivity contribution in [2.75, 3.05) is 0 Å². The SMILES string of the molecule is CCCc1ccc(OC(=O)Oc2ccc(C)c(C)c2C)c(CCC)c1CCC. The average molecular weight is 383 g/mol. The standard InChI is InChI=1S/C25H34O3/c1-7-10-20-14-16-24(22(12-9-3)21(20)11-8-2)28-25(26)27-23-15-13-17(4)18(5)19(23)6/h13-16H,7-12H2,1-6H3. The zero-order valence-electron chi connectivity index (χ0n) is 18.3. The van der Waals surface area contributed by atoms with Crippen molar-refractivity contribution in [2.45, 2.75) is 80.1 Å².